The summed E-state index contributed by atoms with van der Waals surface area (Å²) >= 11 is 12.0. The summed E-state index contributed by atoms with van der Waals surface area (Å²) in [5.74, 6) is 0.412. The highest BCUT2D eigenvalue weighted by Gasteiger charge is 2.10. The Hall–Kier alpha value is -1.02. The largest absolute Gasteiger partial charge is 0.330 e. The molecular weight excluding hydrogens is 289 g/mol. The van der Waals surface area contributed by atoms with E-state index in [1.165, 1.54) is 16.7 Å². The molecule has 0 saturated heterocycles. The second kappa shape index (κ2) is 7.12. The maximum absolute atomic E-state index is 6.05. The Balaban J connectivity index is 2.04. The Kier molecular flexibility index (Phi) is 5.47. The molecule has 0 spiro atoms. The first-order chi connectivity index (χ1) is 9.58. The molecule has 3 heteroatoms. The summed E-state index contributed by atoms with van der Waals surface area (Å²) in [6, 6.07) is 14.4. The van der Waals surface area contributed by atoms with Gasteiger partial charge in [0.15, 0.2) is 0 Å². The molecule has 1 atom stereocenters. The molecule has 2 N–H and O–H groups in total. The normalized spacial score (nSPS) is 12.4. The van der Waals surface area contributed by atoms with Crippen LogP contribution in [-0.2, 0) is 12.8 Å². The van der Waals surface area contributed by atoms with Crippen LogP contribution in [0.4, 0.5) is 0 Å². The van der Waals surface area contributed by atoms with Crippen LogP contribution in [0.2, 0.25) is 10.0 Å². The number of halogens is 2. The minimum Gasteiger partial charge on any atom is -0.330 e. The molecule has 2 aromatic carbocycles. The third kappa shape index (κ3) is 4.24. The zero-order chi connectivity index (χ0) is 14.5. The van der Waals surface area contributed by atoms with Crippen molar-refractivity contribution in [3.05, 3.63) is 69.2 Å². The van der Waals surface area contributed by atoms with E-state index in [1.807, 2.05) is 18.2 Å². The zero-order valence-corrected chi connectivity index (χ0v) is 13.1. The number of benzene rings is 2. The molecule has 0 aliphatic carbocycles. The molecule has 0 bridgehead atoms. The van der Waals surface area contributed by atoms with Crippen molar-refractivity contribution in [3.63, 3.8) is 0 Å². The number of hydrogen-bond acceptors (Lipinski definition) is 1. The van der Waals surface area contributed by atoms with Gasteiger partial charge in [-0.3, -0.25) is 0 Å². The van der Waals surface area contributed by atoms with E-state index in [4.69, 9.17) is 28.9 Å². The van der Waals surface area contributed by atoms with Gasteiger partial charge in [-0.15, -0.1) is 0 Å². The SMILES string of the molecule is Cc1ccc(CC(CN)Cc2ccc(Cl)c(Cl)c2)cc1. The predicted molar refractivity (Wildman–Crippen MR) is 87.6 cm³/mol. The van der Waals surface area contributed by atoms with Gasteiger partial charge in [-0.05, 0) is 55.5 Å². The summed E-state index contributed by atoms with van der Waals surface area (Å²) in [5, 5.41) is 1.20. The minimum atomic E-state index is 0.412. The van der Waals surface area contributed by atoms with Gasteiger partial charge in [0.1, 0.15) is 0 Å². The molecular formula is C17H19Cl2N. The monoisotopic (exact) mass is 307 g/mol. The van der Waals surface area contributed by atoms with Crippen molar-refractivity contribution >= 4 is 23.2 Å². The van der Waals surface area contributed by atoms with Gasteiger partial charge in [0.25, 0.3) is 0 Å². The predicted octanol–water partition coefficient (Wildman–Crippen LogP) is 4.66. The van der Waals surface area contributed by atoms with E-state index in [2.05, 4.69) is 31.2 Å². The average molecular weight is 308 g/mol. The number of aryl methyl sites for hydroxylation is 1. The van der Waals surface area contributed by atoms with E-state index in [1.54, 1.807) is 0 Å². The van der Waals surface area contributed by atoms with Crippen molar-refractivity contribution in [1.29, 1.82) is 0 Å². The summed E-state index contributed by atoms with van der Waals surface area (Å²) in [6.07, 6.45) is 1.90. The van der Waals surface area contributed by atoms with E-state index in [0.717, 1.165) is 12.8 Å². The highest BCUT2D eigenvalue weighted by molar-refractivity contribution is 6.42. The van der Waals surface area contributed by atoms with E-state index in [-0.39, 0.29) is 0 Å². The van der Waals surface area contributed by atoms with Crippen LogP contribution in [0.1, 0.15) is 16.7 Å². The fourth-order valence-corrected chi connectivity index (χ4v) is 2.62. The van der Waals surface area contributed by atoms with Crippen LogP contribution in [0.5, 0.6) is 0 Å². The zero-order valence-electron chi connectivity index (χ0n) is 11.6. The summed E-state index contributed by atoms with van der Waals surface area (Å²) < 4.78 is 0. The Morgan fingerprint density at radius 3 is 2.10 bits per heavy atom. The Morgan fingerprint density at radius 1 is 0.900 bits per heavy atom. The van der Waals surface area contributed by atoms with E-state index in [9.17, 15) is 0 Å². The molecule has 0 amide bonds. The number of hydrogen-bond donors (Lipinski definition) is 1. The van der Waals surface area contributed by atoms with Gasteiger partial charge in [-0.2, -0.15) is 0 Å². The number of rotatable bonds is 5. The van der Waals surface area contributed by atoms with Gasteiger partial charge < -0.3 is 5.73 Å². The van der Waals surface area contributed by atoms with Crippen LogP contribution in [0, 0.1) is 12.8 Å². The molecule has 0 aliphatic heterocycles. The Labute approximate surface area is 130 Å². The van der Waals surface area contributed by atoms with Gasteiger partial charge in [-0.25, -0.2) is 0 Å². The fraction of sp³-hybridized carbons (Fsp3) is 0.294. The second-order valence-corrected chi connectivity index (χ2v) is 6.06. The summed E-state index contributed by atoms with van der Waals surface area (Å²) in [7, 11) is 0. The minimum absolute atomic E-state index is 0.412. The molecule has 20 heavy (non-hydrogen) atoms. The lowest BCUT2D eigenvalue weighted by molar-refractivity contribution is 0.533. The molecule has 0 aromatic heterocycles. The molecule has 2 rings (SSSR count). The molecule has 0 radical (unpaired) electrons. The lowest BCUT2D eigenvalue weighted by Gasteiger charge is -2.15. The van der Waals surface area contributed by atoms with Gasteiger partial charge in [-0.1, -0.05) is 59.1 Å². The van der Waals surface area contributed by atoms with E-state index in [0.29, 0.717) is 22.5 Å². The van der Waals surface area contributed by atoms with Crippen molar-refractivity contribution in [2.75, 3.05) is 6.54 Å². The molecule has 0 heterocycles. The molecule has 0 fully saturated rings. The standard InChI is InChI=1S/C17H19Cl2N/c1-12-2-4-13(5-3-12)8-15(11-20)9-14-6-7-16(18)17(19)10-14/h2-7,10,15H,8-9,11,20H2,1H3. The first-order valence-corrected chi connectivity index (χ1v) is 7.53. The summed E-state index contributed by atoms with van der Waals surface area (Å²) in [5.41, 5.74) is 9.69. The first-order valence-electron chi connectivity index (χ1n) is 6.78. The van der Waals surface area contributed by atoms with Crippen LogP contribution >= 0.6 is 23.2 Å². The smallest absolute Gasteiger partial charge is 0.0595 e. The van der Waals surface area contributed by atoms with Crippen molar-refractivity contribution < 1.29 is 0 Å². The lowest BCUT2D eigenvalue weighted by atomic mass is 9.92. The van der Waals surface area contributed by atoms with Crippen LogP contribution in [0.25, 0.3) is 0 Å². The van der Waals surface area contributed by atoms with Gasteiger partial charge in [0.05, 0.1) is 10.0 Å². The second-order valence-electron chi connectivity index (χ2n) is 5.24. The van der Waals surface area contributed by atoms with Crippen molar-refractivity contribution in [2.45, 2.75) is 19.8 Å². The van der Waals surface area contributed by atoms with Gasteiger partial charge in [0.2, 0.25) is 0 Å². The lowest BCUT2D eigenvalue weighted by Crippen LogP contribution is -2.19. The van der Waals surface area contributed by atoms with Crippen molar-refractivity contribution in [3.8, 4) is 0 Å². The summed E-state index contributed by atoms with van der Waals surface area (Å²) in [4.78, 5) is 0. The Morgan fingerprint density at radius 2 is 1.50 bits per heavy atom. The fourth-order valence-electron chi connectivity index (χ4n) is 2.30. The average Bonchev–Trinajstić information content (AvgIpc) is 2.44. The molecule has 0 aliphatic rings. The molecule has 1 nitrogen and oxygen atoms in total. The maximum Gasteiger partial charge on any atom is 0.0595 e. The third-order valence-corrected chi connectivity index (χ3v) is 4.23. The number of nitrogens with two attached hydrogens (primary N) is 1. The highest BCUT2D eigenvalue weighted by Crippen LogP contribution is 2.24. The van der Waals surface area contributed by atoms with E-state index < -0.39 is 0 Å². The van der Waals surface area contributed by atoms with Gasteiger partial charge in [0, 0.05) is 0 Å². The topological polar surface area (TPSA) is 26.0 Å². The third-order valence-electron chi connectivity index (χ3n) is 3.49. The van der Waals surface area contributed by atoms with Crippen LogP contribution in [0.15, 0.2) is 42.5 Å². The first kappa shape index (κ1) is 15.4. The van der Waals surface area contributed by atoms with Crippen LogP contribution in [-0.4, -0.2) is 6.54 Å². The molecule has 0 saturated carbocycles. The quantitative estimate of drug-likeness (QED) is 0.854. The Bertz CT molecular complexity index is 564. The van der Waals surface area contributed by atoms with E-state index >= 15 is 0 Å². The van der Waals surface area contributed by atoms with Crippen molar-refractivity contribution in [2.24, 2.45) is 11.7 Å². The summed E-state index contributed by atoms with van der Waals surface area (Å²) in [6.45, 7) is 2.76. The van der Waals surface area contributed by atoms with Gasteiger partial charge >= 0.3 is 0 Å². The maximum atomic E-state index is 6.05. The molecule has 106 valence electrons. The van der Waals surface area contributed by atoms with Crippen molar-refractivity contribution in [1.82, 2.24) is 0 Å². The molecule has 1 unspecified atom stereocenters. The molecule has 2 aromatic rings. The highest BCUT2D eigenvalue weighted by atomic mass is 35.5. The van der Waals surface area contributed by atoms with Crippen LogP contribution < -0.4 is 5.73 Å². The van der Waals surface area contributed by atoms with Crippen LogP contribution in [0.3, 0.4) is 0 Å².